The highest BCUT2D eigenvalue weighted by molar-refractivity contribution is 7.09. The zero-order chi connectivity index (χ0) is 13.1. The number of hydrazine groups is 1. The van der Waals surface area contributed by atoms with Crippen LogP contribution in [0, 0.1) is 18.6 Å². The molecule has 1 aromatic heterocycles. The van der Waals surface area contributed by atoms with Crippen molar-refractivity contribution in [3.05, 3.63) is 51.5 Å². The Balaban J connectivity index is 2.17. The number of thiazole rings is 1. The molecular weight excluding hydrogens is 256 g/mol. The summed E-state index contributed by atoms with van der Waals surface area (Å²) in [5, 5.41) is 2.84. The van der Waals surface area contributed by atoms with Gasteiger partial charge in [-0.25, -0.2) is 13.8 Å². The summed E-state index contributed by atoms with van der Waals surface area (Å²) in [6.45, 7) is 1.90. The van der Waals surface area contributed by atoms with Gasteiger partial charge >= 0.3 is 0 Å². The molecule has 0 fully saturated rings. The third-order valence-electron chi connectivity index (χ3n) is 2.62. The second kappa shape index (κ2) is 5.51. The van der Waals surface area contributed by atoms with Gasteiger partial charge in [-0.05, 0) is 31.0 Å². The first-order chi connectivity index (χ1) is 8.60. The molecule has 1 aromatic carbocycles. The van der Waals surface area contributed by atoms with E-state index in [1.54, 1.807) is 6.07 Å². The number of benzene rings is 1. The molecule has 1 unspecified atom stereocenters. The Labute approximate surface area is 108 Å². The summed E-state index contributed by atoms with van der Waals surface area (Å²) in [5.74, 6) is 3.78. The zero-order valence-corrected chi connectivity index (χ0v) is 10.6. The normalized spacial score (nSPS) is 12.7. The Morgan fingerprint density at radius 1 is 1.39 bits per heavy atom. The van der Waals surface area contributed by atoms with E-state index in [2.05, 4.69) is 10.4 Å². The number of nitrogens with zero attached hydrogens (tertiary/aromatic N) is 1. The largest absolute Gasteiger partial charge is 0.271 e. The van der Waals surface area contributed by atoms with E-state index in [9.17, 15) is 8.78 Å². The van der Waals surface area contributed by atoms with E-state index in [4.69, 9.17) is 5.84 Å². The summed E-state index contributed by atoms with van der Waals surface area (Å²) in [5.41, 5.74) is 4.12. The van der Waals surface area contributed by atoms with Crippen LogP contribution in [0.15, 0.2) is 23.6 Å². The van der Waals surface area contributed by atoms with Crippen LogP contribution in [0.25, 0.3) is 0 Å². The van der Waals surface area contributed by atoms with Crippen molar-refractivity contribution >= 4 is 11.3 Å². The van der Waals surface area contributed by atoms with Gasteiger partial charge in [0, 0.05) is 5.38 Å². The van der Waals surface area contributed by atoms with Crippen LogP contribution in [0.3, 0.4) is 0 Å². The number of hydrogen-bond acceptors (Lipinski definition) is 4. The maximum atomic E-state index is 13.1. The molecule has 6 heteroatoms. The molecule has 2 rings (SSSR count). The predicted octanol–water partition coefficient (Wildman–Crippen LogP) is 2.48. The van der Waals surface area contributed by atoms with Crippen molar-refractivity contribution in [2.45, 2.75) is 19.4 Å². The standard InChI is InChI=1S/C12H13F2N3S/c1-7-16-12(6-18-7)11(17-15)5-8-2-3-9(13)10(14)4-8/h2-4,6,11,17H,5,15H2,1H3. The van der Waals surface area contributed by atoms with Crippen LogP contribution in [0.4, 0.5) is 8.78 Å². The quantitative estimate of drug-likeness (QED) is 0.662. The van der Waals surface area contributed by atoms with Crippen molar-refractivity contribution in [2.24, 2.45) is 5.84 Å². The van der Waals surface area contributed by atoms with Gasteiger partial charge < -0.3 is 0 Å². The lowest BCUT2D eigenvalue weighted by Crippen LogP contribution is -2.29. The van der Waals surface area contributed by atoms with Crippen molar-refractivity contribution in [1.29, 1.82) is 0 Å². The van der Waals surface area contributed by atoms with E-state index in [1.165, 1.54) is 17.4 Å². The molecule has 0 saturated carbocycles. The SMILES string of the molecule is Cc1nc(C(Cc2ccc(F)c(F)c2)NN)cs1. The maximum Gasteiger partial charge on any atom is 0.159 e. The summed E-state index contributed by atoms with van der Waals surface area (Å²) in [6.07, 6.45) is 0.455. The fourth-order valence-corrected chi connectivity index (χ4v) is 2.36. The maximum absolute atomic E-state index is 13.1. The van der Waals surface area contributed by atoms with E-state index < -0.39 is 11.6 Å². The lowest BCUT2D eigenvalue weighted by Gasteiger charge is -2.13. The number of hydrogen-bond donors (Lipinski definition) is 2. The minimum Gasteiger partial charge on any atom is -0.271 e. The minimum atomic E-state index is -0.849. The van der Waals surface area contributed by atoms with Crippen LogP contribution in [0.5, 0.6) is 0 Å². The molecule has 0 saturated heterocycles. The van der Waals surface area contributed by atoms with Gasteiger partial charge in [0.05, 0.1) is 16.7 Å². The molecule has 96 valence electrons. The molecule has 18 heavy (non-hydrogen) atoms. The van der Waals surface area contributed by atoms with Crippen LogP contribution >= 0.6 is 11.3 Å². The number of halogens is 2. The average molecular weight is 269 g/mol. The molecule has 0 radical (unpaired) electrons. The first-order valence-corrected chi connectivity index (χ1v) is 6.30. The van der Waals surface area contributed by atoms with Gasteiger partial charge in [0.2, 0.25) is 0 Å². The van der Waals surface area contributed by atoms with Gasteiger partial charge in [-0.2, -0.15) is 0 Å². The van der Waals surface area contributed by atoms with Crippen LogP contribution in [-0.2, 0) is 6.42 Å². The molecule has 3 nitrogen and oxygen atoms in total. The van der Waals surface area contributed by atoms with Gasteiger partial charge in [0.1, 0.15) is 0 Å². The minimum absolute atomic E-state index is 0.209. The molecule has 0 aliphatic carbocycles. The zero-order valence-electron chi connectivity index (χ0n) is 9.78. The first kappa shape index (κ1) is 13.1. The lowest BCUT2D eigenvalue weighted by molar-refractivity contribution is 0.501. The summed E-state index contributed by atoms with van der Waals surface area (Å²) in [6, 6.07) is 3.63. The molecule has 2 aromatic rings. The van der Waals surface area contributed by atoms with Crippen molar-refractivity contribution in [2.75, 3.05) is 0 Å². The topological polar surface area (TPSA) is 50.9 Å². The summed E-state index contributed by atoms with van der Waals surface area (Å²) < 4.78 is 25.9. The van der Waals surface area contributed by atoms with E-state index in [0.717, 1.165) is 16.8 Å². The second-order valence-corrected chi connectivity index (χ2v) is 5.03. The second-order valence-electron chi connectivity index (χ2n) is 3.96. The van der Waals surface area contributed by atoms with Crippen LogP contribution < -0.4 is 11.3 Å². The fourth-order valence-electron chi connectivity index (χ4n) is 1.69. The highest BCUT2D eigenvalue weighted by Crippen LogP contribution is 2.20. The van der Waals surface area contributed by atoms with Crippen LogP contribution in [-0.4, -0.2) is 4.98 Å². The molecule has 0 bridgehead atoms. The first-order valence-electron chi connectivity index (χ1n) is 5.42. The van der Waals surface area contributed by atoms with Gasteiger partial charge in [-0.1, -0.05) is 6.07 Å². The van der Waals surface area contributed by atoms with Gasteiger partial charge in [0.15, 0.2) is 11.6 Å². The van der Waals surface area contributed by atoms with Crippen LogP contribution in [0.1, 0.15) is 22.3 Å². The highest BCUT2D eigenvalue weighted by atomic mass is 32.1. The smallest absolute Gasteiger partial charge is 0.159 e. The summed E-state index contributed by atoms with van der Waals surface area (Å²) >= 11 is 1.52. The third kappa shape index (κ3) is 2.90. The van der Waals surface area contributed by atoms with E-state index in [0.29, 0.717) is 12.0 Å². The summed E-state index contributed by atoms with van der Waals surface area (Å²) in [7, 11) is 0. The molecule has 1 atom stereocenters. The molecule has 0 aliphatic rings. The monoisotopic (exact) mass is 269 g/mol. The van der Waals surface area contributed by atoms with Crippen molar-refractivity contribution in [3.63, 3.8) is 0 Å². The Morgan fingerprint density at radius 3 is 2.72 bits per heavy atom. The van der Waals surface area contributed by atoms with E-state index in [-0.39, 0.29) is 6.04 Å². The molecular formula is C12H13F2N3S. The fraction of sp³-hybridized carbons (Fsp3) is 0.250. The van der Waals surface area contributed by atoms with Crippen molar-refractivity contribution in [1.82, 2.24) is 10.4 Å². The number of aromatic nitrogens is 1. The van der Waals surface area contributed by atoms with Gasteiger partial charge in [-0.3, -0.25) is 11.3 Å². The van der Waals surface area contributed by atoms with E-state index >= 15 is 0 Å². The Bertz CT molecular complexity index is 542. The molecule has 0 spiro atoms. The number of nitrogens with one attached hydrogen (secondary N) is 1. The summed E-state index contributed by atoms with van der Waals surface area (Å²) in [4.78, 5) is 4.33. The third-order valence-corrected chi connectivity index (χ3v) is 3.41. The Hall–Kier alpha value is -1.37. The molecule has 0 amide bonds. The number of aryl methyl sites for hydroxylation is 1. The number of nitrogens with two attached hydrogens (primary N) is 1. The van der Waals surface area contributed by atoms with Crippen molar-refractivity contribution < 1.29 is 8.78 Å². The molecule has 1 heterocycles. The van der Waals surface area contributed by atoms with Crippen molar-refractivity contribution in [3.8, 4) is 0 Å². The molecule has 0 aliphatic heterocycles. The van der Waals surface area contributed by atoms with E-state index in [1.807, 2.05) is 12.3 Å². The van der Waals surface area contributed by atoms with Gasteiger partial charge in [0.25, 0.3) is 0 Å². The van der Waals surface area contributed by atoms with Crippen LogP contribution in [0.2, 0.25) is 0 Å². The molecule has 3 N–H and O–H groups in total. The average Bonchev–Trinajstić information content (AvgIpc) is 2.77. The highest BCUT2D eigenvalue weighted by Gasteiger charge is 2.14. The van der Waals surface area contributed by atoms with Gasteiger partial charge in [-0.15, -0.1) is 11.3 Å². The number of rotatable bonds is 4. The lowest BCUT2D eigenvalue weighted by atomic mass is 10.0. The Kier molecular flexibility index (Phi) is 4.00. The predicted molar refractivity (Wildman–Crippen MR) is 67.0 cm³/mol. The Morgan fingerprint density at radius 2 is 2.17 bits per heavy atom.